The Kier molecular flexibility index (Phi) is 5.33. The minimum Gasteiger partial charge on any atom is -0.506 e. The highest BCUT2D eigenvalue weighted by Crippen LogP contribution is 2.25. The number of nitrogens with one attached hydrogen (secondary N) is 1. The van der Waals surface area contributed by atoms with Crippen molar-refractivity contribution in [2.45, 2.75) is 33.0 Å². The average molecular weight is 351 g/mol. The maximum atomic E-state index is 10.1. The van der Waals surface area contributed by atoms with Crippen molar-refractivity contribution in [2.75, 3.05) is 0 Å². The number of aromatic hydroxyl groups is 1. The van der Waals surface area contributed by atoms with E-state index in [1.165, 1.54) is 0 Å². The van der Waals surface area contributed by atoms with E-state index >= 15 is 0 Å². The Labute approximate surface area is 133 Å². The number of nitrogens with zero attached hydrogens (tertiary/aromatic N) is 1. The van der Waals surface area contributed by atoms with Gasteiger partial charge in [0.2, 0.25) is 0 Å². The molecule has 0 spiro atoms. The first-order valence-electron chi connectivity index (χ1n) is 6.79. The summed E-state index contributed by atoms with van der Waals surface area (Å²) < 4.78 is 1.04. The van der Waals surface area contributed by atoms with Crippen LogP contribution in [0.25, 0.3) is 0 Å². The Bertz CT molecular complexity index is 614. The van der Waals surface area contributed by atoms with E-state index in [9.17, 15) is 10.2 Å². The first kappa shape index (κ1) is 15.9. The van der Waals surface area contributed by atoms with E-state index in [0.717, 1.165) is 10.0 Å². The summed E-state index contributed by atoms with van der Waals surface area (Å²) in [5.74, 6) is 0.150. The molecule has 1 atom stereocenters. The number of rotatable bonds is 5. The molecule has 4 nitrogen and oxygen atoms in total. The predicted molar refractivity (Wildman–Crippen MR) is 86.0 cm³/mol. The number of hydrogen-bond donors (Lipinski definition) is 3. The standard InChI is InChI=1S/C16H19BrN2O2/c1-10(12-3-5-14(17)6-4-12)19-8-15-13(9-20)7-18-11(2)16(15)21/h3-7,10,19-21H,8-9H2,1-2H3/t10-/m1/s1. The SMILES string of the molecule is Cc1ncc(CO)c(CN[C@H](C)c2ccc(Br)cc2)c1O. The van der Waals surface area contributed by atoms with Crippen LogP contribution in [0.4, 0.5) is 0 Å². The van der Waals surface area contributed by atoms with Gasteiger partial charge in [-0.15, -0.1) is 0 Å². The van der Waals surface area contributed by atoms with Gasteiger partial charge in [0, 0.05) is 34.4 Å². The molecule has 0 fully saturated rings. The van der Waals surface area contributed by atoms with Gasteiger partial charge in [-0.05, 0) is 31.5 Å². The van der Waals surface area contributed by atoms with Gasteiger partial charge in [-0.1, -0.05) is 28.1 Å². The van der Waals surface area contributed by atoms with Crippen molar-refractivity contribution in [1.82, 2.24) is 10.3 Å². The molecule has 0 aliphatic carbocycles. The third-order valence-electron chi connectivity index (χ3n) is 3.56. The van der Waals surface area contributed by atoms with E-state index in [2.05, 4.69) is 33.2 Å². The Balaban J connectivity index is 2.12. The second-order valence-corrected chi connectivity index (χ2v) is 5.92. The van der Waals surface area contributed by atoms with Crippen LogP contribution < -0.4 is 5.32 Å². The van der Waals surface area contributed by atoms with Crippen LogP contribution >= 0.6 is 15.9 Å². The fourth-order valence-electron chi connectivity index (χ4n) is 2.14. The summed E-state index contributed by atoms with van der Waals surface area (Å²) in [7, 11) is 0. The molecule has 21 heavy (non-hydrogen) atoms. The molecule has 0 bridgehead atoms. The smallest absolute Gasteiger partial charge is 0.141 e. The van der Waals surface area contributed by atoms with Gasteiger partial charge in [0.05, 0.1) is 12.3 Å². The number of pyridine rings is 1. The summed E-state index contributed by atoms with van der Waals surface area (Å²) in [6.07, 6.45) is 1.61. The van der Waals surface area contributed by atoms with Gasteiger partial charge in [-0.2, -0.15) is 0 Å². The summed E-state index contributed by atoms with van der Waals surface area (Å²) in [4.78, 5) is 4.06. The molecule has 3 N–H and O–H groups in total. The lowest BCUT2D eigenvalue weighted by Gasteiger charge is -2.17. The highest BCUT2D eigenvalue weighted by Gasteiger charge is 2.13. The fourth-order valence-corrected chi connectivity index (χ4v) is 2.41. The molecule has 0 aliphatic heterocycles. The van der Waals surface area contributed by atoms with Gasteiger partial charge < -0.3 is 15.5 Å². The Morgan fingerprint density at radius 1 is 1.29 bits per heavy atom. The molecule has 2 rings (SSSR count). The van der Waals surface area contributed by atoms with Gasteiger partial charge in [0.1, 0.15) is 5.75 Å². The van der Waals surface area contributed by atoms with Crippen LogP contribution in [0.15, 0.2) is 34.9 Å². The van der Waals surface area contributed by atoms with Crippen molar-refractivity contribution in [3.63, 3.8) is 0 Å². The van der Waals surface area contributed by atoms with Gasteiger partial charge >= 0.3 is 0 Å². The van der Waals surface area contributed by atoms with Crippen molar-refractivity contribution < 1.29 is 10.2 Å². The summed E-state index contributed by atoms with van der Waals surface area (Å²) in [5, 5.41) is 22.8. The number of benzene rings is 1. The molecule has 1 heterocycles. The molecule has 0 aliphatic rings. The zero-order valence-corrected chi connectivity index (χ0v) is 13.7. The second-order valence-electron chi connectivity index (χ2n) is 5.01. The molecular weight excluding hydrogens is 332 g/mol. The van der Waals surface area contributed by atoms with Crippen LogP contribution in [0.1, 0.15) is 35.3 Å². The summed E-state index contributed by atoms with van der Waals surface area (Å²) in [5.41, 5.74) is 3.08. The Morgan fingerprint density at radius 2 is 1.95 bits per heavy atom. The van der Waals surface area contributed by atoms with Gasteiger partial charge in [-0.3, -0.25) is 4.98 Å². The van der Waals surface area contributed by atoms with Crippen molar-refractivity contribution in [3.8, 4) is 5.75 Å². The van der Waals surface area contributed by atoms with E-state index in [-0.39, 0.29) is 18.4 Å². The maximum Gasteiger partial charge on any atom is 0.141 e. The molecule has 0 radical (unpaired) electrons. The van der Waals surface area contributed by atoms with Gasteiger partial charge in [-0.25, -0.2) is 0 Å². The summed E-state index contributed by atoms with van der Waals surface area (Å²) in [6, 6.07) is 8.23. The van der Waals surface area contributed by atoms with Crippen LogP contribution in [0.5, 0.6) is 5.75 Å². The molecular formula is C16H19BrN2O2. The largest absolute Gasteiger partial charge is 0.506 e. The summed E-state index contributed by atoms with van der Waals surface area (Å²) >= 11 is 3.42. The number of aliphatic hydroxyl groups is 1. The first-order chi connectivity index (χ1) is 10.0. The van der Waals surface area contributed by atoms with Crippen molar-refractivity contribution in [2.24, 2.45) is 0 Å². The van der Waals surface area contributed by atoms with Crippen LogP contribution in [0.2, 0.25) is 0 Å². The Hall–Kier alpha value is -1.43. The molecule has 1 aromatic heterocycles. The molecule has 112 valence electrons. The highest BCUT2D eigenvalue weighted by atomic mass is 79.9. The number of aliphatic hydroxyl groups excluding tert-OH is 1. The molecule has 0 unspecified atom stereocenters. The first-order valence-corrected chi connectivity index (χ1v) is 7.58. The Morgan fingerprint density at radius 3 is 2.57 bits per heavy atom. The summed E-state index contributed by atoms with van der Waals surface area (Å²) in [6.45, 7) is 4.15. The highest BCUT2D eigenvalue weighted by molar-refractivity contribution is 9.10. The number of aromatic nitrogens is 1. The maximum absolute atomic E-state index is 10.1. The van der Waals surface area contributed by atoms with E-state index in [0.29, 0.717) is 23.4 Å². The van der Waals surface area contributed by atoms with Crippen molar-refractivity contribution in [3.05, 3.63) is 57.3 Å². The lowest BCUT2D eigenvalue weighted by atomic mass is 10.1. The molecule has 0 amide bonds. The second kappa shape index (κ2) is 7.02. The van der Waals surface area contributed by atoms with Crippen molar-refractivity contribution >= 4 is 15.9 Å². The molecule has 5 heteroatoms. The molecule has 2 aromatic rings. The zero-order chi connectivity index (χ0) is 15.4. The third kappa shape index (κ3) is 3.81. The van der Waals surface area contributed by atoms with Crippen molar-refractivity contribution in [1.29, 1.82) is 0 Å². The monoisotopic (exact) mass is 350 g/mol. The van der Waals surface area contributed by atoms with Crippen LogP contribution in [-0.2, 0) is 13.2 Å². The van der Waals surface area contributed by atoms with Crippen LogP contribution in [0, 0.1) is 6.92 Å². The molecule has 1 aromatic carbocycles. The normalized spacial score (nSPS) is 12.4. The van der Waals surface area contributed by atoms with Gasteiger partial charge in [0.25, 0.3) is 0 Å². The third-order valence-corrected chi connectivity index (χ3v) is 4.08. The minimum atomic E-state index is -0.134. The quantitative estimate of drug-likeness (QED) is 0.774. The van der Waals surface area contributed by atoms with Crippen LogP contribution in [-0.4, -0.2) is 15.2 Å². The topological polar surface area (TPSA) is 65.4 Å². The molecule has 0 saturated carbocycles. The molecule has 0 saturated heterocycles. The van der Waals surface area contributed by atoms with E-state index in [1.807, 2.05) is 24.3 Å². The average Bonchev–Trinajstić information content (AvgIpc) is 2.49. The lowest BCUT2D eigenvalue weighted by Crippen LogP contribution is -2.19. The predicted octanol–water partition coefficient (Wildman–Crippen LogP) is 3.20. The number of hydrogen-bond acceptors (Lipinski definition) is 4. The lowest BCUT2D eigenvalue weighted by molar-refractivity contribution is 0.278. The zero-order valence-electron chi connectivity index (χ0n) is 12.1. The van der Waals surface area contributed by atoms with Gasteiger partial charge in [0.15, 0.2) is 0 Å². The number of aryl methyl sites for hydroxylation is 1. The van der Waals surface area contributed by atoms with E-state index < -0.39 is 0 Å². The van der Waals surface area contributed by atoms with E-state index in [4.69, 9.17) is 0 Å². The van der Waals surface area contributed by atoms with Crippen LogP contribution in [0.3, 0.4) is 0 Å². The fraction of sp³-hybridized carbons (Fsp3) is 0.312. The van der Waals surface area contributed by atoms with E-state index in [1.54, 1.807) is 13.1 Å². The minimum absolute atomic E-state index is 0.134. The number of halogens is 1.